The molecule has 2 aromatic carbocycles. The van der Waals surface area contributed by atoms with E-state index in [-0.39, 0.29) is 0 Å². The number of hydrogen-bond acceptors (Lipinski definition) is 3. The molecular weight excluding hydrogens is 306 g/mol. The van der Waals surface area contributed by atoms with Gasteiger partial charge in [-0.1, -0.05) is 36.4 Å². The van der Waals surface area contributed by atoms with Gasteiger partial charge in [-0.2, -0.15) is 0 Å². The van der Waals surface area contributed by atoms with E-state index < -0.39 is 0 Å². The molecular formula is C22H19N3. The monoisotopic (exact) mass is 325 g/mol. The number of aromatic nitrogens is 2. The molecule has 0 bridgehead atoms. The third kappa shape index (κ3) is 3.36. The summed E-state index contributed by atoms with van der Waals surface area (Å²) in [5.41, 5.74) is 4.74. The van der Waals surface area contributed by atoms with E-state index in [1.165, 1.54) is 22.1 Å². The first-order valence-electron chi connectivity index (χ1n) is 8.39. The third-order valence-electron chi connectivity index (χ3n) is 4.30. The maximum atomic E-state index is 4.70. The van der Waals surface area contributed by atoms with Gasteiger partial charge in [0.2, 0.25) is 0 Å². The molecule has 122 valence electrons. The van der Waals surface area contributed by atoms with Crippen molar-refractivity contribution >= 4 is 22.3 Å². The van der Waals surface area contributed by atoms with Gasteiger partial charge in [0.1, 0.15) is 5.82 Å². The molecule has 0 saturated carbocycles. The average molecular weight is 325 g/mol. The summed E-state index contributed by atoms with van der Waals surface area (Å²) in [6, 6.07) is 20.9. The van der Waals surface area contributed by atoms with Crippen LogP contribution in [-0.2, 0) is 6.42 Å². The molecule has 0 aliphatic carbocycles. The Kier molecular flexibility index (Phi) is 4.13. The Bertz CT molecular complexity index is 1010. The molecule has 0 amide bonds. The molecule has 0 aliphatic heterocycles. The molecule has 0 aliphatic rings. The second kappa shape index (κ2) is 6.73. The zero-order valence-corrected chi connectivity index (χ0v) is 14.1. The molecule has 0 saturated heterocycles. The number of benzene rings is 2. The van der Waals surface area contributed by atoms with E-state index in [0.717, 1.165) is 23.3 Å². The third-order valence-corrected chi connectivity index (χ3v) is 4.30. The topological polar surface area (TPSA) is 37.8 Å². The highest BCUT2D eigenvalue weighted by molar-refractivity contribution is 5.95. The number of nitrogens with zero attached hydrogens (tertiary/aromatic N) is 2. The standard InChI is InChI=1S/C22H19N3/c1-16-5-4-6-19(13-16)25-22-21-8-3-2-7-20(21)18(15-24-22)14-17-9-11-23-12-10-17/h2-13,15H,14H2,1H3,(H,24,25). The van der Waals surface area contributed by atoms with E-state index in [4.69, 9.17) is 4.98 Å². The highest BCUT2D eigenvalue weighted by Gasteiger charge is 2.08. The van der Waals surface area contributed by atoms with Gasteiger partial charge in [0.05, 0.1) is 0 Å². The largest absolute Gasteiger partial charge is 0.340 e. The van der Waals surface area contributed by atoms with Crippen LogP contribution >= 0.6 is 0 Å². The predicted octanol–water partition coefficient (Wildman–Crippen LogP) is 5.27. The fourth-order valence-corrected chi connectivity index (χ4v) is 3.07. The van der Waals surface area contributed by atoms with Crippen LogP contribution in [0.2, 0.25) is 0 Å². The quantitative estimate of drug-likeness (QED) is 0.555. The molecule has 0 radical (unpaired) electrons. The van der Waals surface area contributed by atoms with E-state index in [1.54, 1.807) is 0 Å². The summed E-state index contributed by atoms with van der Waals surface area (Å²) >= 11 is 0. The van der Waals surface area contributed by atoms with E-state index in [2.05, 4.69) is 65.8 Å². The number of rotatable bonds is 4. The first kappa shape index (κ1) is 15.3. The van der Waals surface area contributed by atoms with Crippen molar-refractivity contribution in [3.05, 3.63) is 95.9 Å². The van der Waals surface area contributed by atoms with Crippen LogP contribution in [-0.4, -0.2) is 9.97 Å². The lowest BCUT2D eigenvalue weighted by atomic mass is 10.0. The van der Waals surface area contributed by atoms with Gasteiger partial charge in [-0.25, -0.2) is 4.98 Å². The normalized spacial score (nSPS) is 10.8. The lowest BCUT2D eigenvalue weighted by molar-refractivity contribution is 1.15. The van der Waals surface area contributed by atoms with Crippen LogP contribution in [0, 0.1) is 6.92 Å². The fourth-order valence-electron chi connectivity index (χ4n) is 3.07. The zero-order chi connectivity index (χ0) is 17.1. The second-order valence-electron chi connectivity index (χ2n) is 6.20. The molecule has 2 aromatic heterocycles. The summed E-state index contributed by atoms with van der Waals surface area (Å²) < 4.78 is 0. The number of nitrogens with one attached hydrogen (secondary N) is 1. The lowest BCUT2D eigenvalue weighted by Crippen LogP contribution is -1.98. The molecule has 4 rings (SSSR count). The van der Waals surface area contributed by atoms with Gasteiger partial charge in [0, 0.05) is 29.7 Å². The number of anilines is 2. The molecule has 0 spiro atoms. The maximum absolute atomic E-state index is 4.70. The van der Waals surface area contributed by atoms with Gasteiger partial charge in [-0.05, 0) is 59.7 Å². The van der Waals surface area contributed by atoms with E-state index >= 15 is 0 Å². The van der Waals surface area contributed by atoms with Crippen LogP contribution in [0.1, 0.15) is 16.7 Å². The van der Waals surface area contributed by atoms with Crippen molar-refractivity contribution in [1.29, 1.82) is 0 Å². The zero-order valence-electron chi connectivity index (χ0n) is 14.1. The van der Waals surface area contributed by atoms with Crippen molar-refractivity contribution in [1.82, 2.24) is 9.97 Å². The summed E-state index contributed by atoms with van der Waals surface area (Å²) in [5, 5.41) is 5.82. The van der Waals surface area contributed by atoms with E-state index in [0.29, 0.717) is 0 Å². The van der Waals surface area contributed by atoms with Crippen LogP contribution in [0.3, 0.4) is 0 Å². The van der Waals surface area contributed by atoms with Gasteiger partial charge < -0.3 is 5.32 Å². The summed E-state index contributed by atoms with van der Waals surface area (Å²) in [4.78, 5) is 8.79. The summed E-state index contributed by atoms with van der Waals surface area (Å²) in [6.07, 6.45) is 6.48. The van der Waals surface area contributed by atoms with E-state index in [9.17, 15) is 0 Å². The smallest absolute Gasteiger partial charge is 0.138 e. The van der Waals surface area contributed by atoms with Crippen molar-refractivity contribution < 1.29 is 0 Å². The lowest BCUT2D eigenvalue weighted by Gasteiger charge is -2.12. The molecule has 3 nitrogen and oxygen atoms in total. The average Bonchev–Trinajstić information content (AvgIpc) is 2.65. The van der Waals surface area contributed by atoms with E-state index in [1.807, 2.05) is 30.7 Å². The molecule has 0 fully saturated rings. The van der Waals surface area contributed by atoms with Gasteiger partial charge in [-0.15, -0.1) is 0 Å². The van der Waals surface area contributed by atoms with Crippen molar-refractivity contribution in [2.75, 3.05) is 5.32 Å². The Morgan fingerprint density at radius 1 is 0.880 bits per heavy atom. The Morgan fingerprint density at radius 2 is 1.68 bits per heavy atom. The van der Waals surface area contributed by atoms with Crippen LogP contribution in [0.4, 0.5) is 11.5 Å². The summed E-state index contributed by atoms with van der Waals surface area (Å²) in [5.74, 6) is 0.889. The molecule has 25 heavy (non-hydrogen) atoms. The number of pyridine rings is 2. The number of aryl methyl sites for hydroxylation is 1. The number of fused-ring (bicyclic) bond motifs is 1. The van der Waals surface area contributed by atoms with Crippen LogP contribution in [0.15, 0.2) is 79.3 Å². The Labute approximate surface area is 147 Å². The second-order valence-corrected chi connectivity index (χ2v) is 6.20. The Hall–Kier alpha value is -3.20. The maximum Gasteiger partial charge on any atom is 0.138 e. The van der Waals surface area contributed by atoms with Crippen molar-refractivity contribution in [3.8, 4) is 0 Å². The highest BCUT2D eigenvalue weighted by atomic mass is 15.0. The number of hydrogen-bond donors (Lipinski definition) is 1. The minimum absolute atomic E-state index is 0.848. The molecule has 2 heterocycles. The van der Waals surface area contributed by atoms with Crippen LogP contribution in [0.5, 0.6) is 0 Å². The first-order chi connectivity index (χ1) is 12.3. The first-order valence-corrected chi connectivity index (χ1v) is 8.39. The molecule has 3 heteroatoms. The van der Waals surface area contributed by atoms with Gasteiger partial charge in [0.25, 0.3) is 0 Å². The Morgan fingerprint density at radius 3 is 2.48 bits per heavy atom. The fraction of sp³-hybridized carbons (Fsp3) is 0.0909. The van der Waals surface area contributed by atoms with Crippen LogP contribution in [0.25, 0.3) is 10.8 Å². The highest BCUT2D eigenvalue weighted by Crippen LogP contribution is 2.28. The molecule has 0 atom stereocenters. The molecule has 4 aromatic rings. The van der Waals surface area contributed by atoms with Crippen molar-refractivity contribution in [2.24, 2.45) is 0 Å². The molecule has 0 unspecified atom stereocenters. The molecule has 1 N–H and O–H groups in total. The SMILES string of the molecule is Cc1cccc(Nc2ncc(Cc3ccncc3)c3ccccc23)c1. The van der Waals surface area contributed by atoms with Crippen molar-refractivity contribution in [2.45, 2.75) is 13.3 Å². The minimum Gasteiger partial charge on any atom is -0.340 e. The van der Waals surface area contributed by atoms with Gasteiger partial charge in [0.15, 0.2) is 0 Å². The van der Waals surface area contributed by atoms with Gasteiger partial charge >= 0.3 is 0 Å². The van der Waals surface area contributed by atoms with Crippen LogP contribution < -0.4 is 5.32 Å². The summed E-state index contributed by atoms with van der Waals surface area (Å²) in [6.45, 7) is 2.09. The van der Waals surface area contributed by atoms with Crippen molar-refractivity contribution in [3.63, 3.8) is 0 Å². The van der Waals surface area contributed by atoms with Gasteiger partial charge in [-0.3, -0.25) is 4.98 Å². The Balaban J connectivity index is 1.74. The summed E-state index contributed by atoms with van der Waals surface area (Å²) in [7, 11) is 0. The predicted molar refractivity (Wildman–Crippen MR) is 103 cm³/mol. The minimum atomic E-state index is 0.848.